The molecule has 0 radical (unpaired) electrons. The summed E-state index contributed by atoms with van der Waals surface area (Å²) in [5, 5.41) is 57.9. The Morgan fingerprint density at radius 1 is 0.627 bits per heavy atom. The van der Waals surface area contributed by atoms with Crippen molar-refractivity contribution in [3.05, 3.63) is 95.4 Å². The maximum Gasteiger partial charge on any atom is 0.524 e. The minimum atomic E-state index is -4.86. The van der Waals surface area contributed by atoms with Crippen LogP contribution < -0.4 is 40.6 Å². The van der Waals surface area contributed by atoms with Crippen LogP contribution in [0.3, 0.4) is 0 Å². The number of aliphatic carboxylic acids is 4. The Morgan fingerprint density at radius 3 is 1.73 bits per heavy atom. The fraction of sp³-hybridized carbons (Fsp3) is 0.531. The minimum absolute atomic E-state index is 0.0492. The van der Waals surface area contributed by atoms with Gasteiger partial charge in [-0.2, -0.15) is 9.82 Å². The van der Waals surface area contributed by atoms with Crippen molar-refractivity contribution in [3.8, 4) is 11.5 Å². The van der Waals surface area contributed by atoms with E-state index in [4.69, 9.17) is 18.9 Å². The summed E-state index contributed by atoms with van der Waals surface area (Å²) in [6.07, 6.45) is 7.12. The molecule has 0 unspecified atom stereocenters. The summed E-state index contributed by atoms with van der Waals surface area (Å²) in [6.45, 7) is 6.19. The SMILES string of the molecule is Cc1cc(OCCCC(=O)NCCCOCCOCCOCCCNC(=O)[C@@H](Cc2ccc(OP(=O)(O)O)cc2)NC(=O)CN2CCN(CC(=O)O)CCN(CC(=O)O)CCN(CC(=O)O)CC2)cc(C)c1S(=O)(=O)N[C@H](CNC(=O)c1ccc2c(cnn2CCCNc2ncc[nH]2)c1)C(=O)O. The highest BCUT2D eigenvalue weighted by Gasteiger charge is 2.30. The number of nitrogens with one attached hydrogen (secondary N) is 7. The van der Waals surface area contributed by atoms with E-state index in [-0.39, 0.29) is 164 Å². The normalized spacial score (nSPS) is 14.5. The number of aromatic nitrogens is 4. The fourth-order valence-corrected chi connectivity index (χ4v) is 12.8. The zero-order valence-corrected chi connectivity index (χ0v) is 58.7. The molecule has 1 aliphatic rings. The van der Waals surface area contributed by atoms with Crippen molar-refractivity contribution in [1.82, 2.24) is 65.3 Å². The minimum Gasteiger partial charge on any atom is -0.494 e. The average molecular weight is 1470 g/mol. The molecule has 1 fully saturated rings. The van der Waals surface area contributed by atoms with Gasteiger partial charge >= 0.3 is 31.7 Å². The first-order valence-corrected chi connectivity index (χ1v) is 36.1. The Morgan fingerprint density at radius 2 is 1.19 bits per heavy atom. The van der Waals surface area contributed by atoms with Gasteiger partial charge in [-0.15, -0.1) is 0 Å². The largest absolute Gasteiger partial charge is 0.524 e. The zero-order valence-electron chi connectivity index (χ0n) is 57.0. The number of fused-ring (bicyclic) bond motifs is 1. The van der Waals surface area contributed by atoms with Gasteiger partial charge in [-0.1, -0.05) is 12.1 Å². The molecule has 3 heterocycles. The van der Waals surface area contributed by atoms with E-state index in [1.54, 1.807) is 74.9 Å². The molecule has 0 bridgehead atoms. The summed E-state index contributed by atoms with van der Waals surface area (Å²) < 4.78 is 70.0. The second-order valence-electron chi connectivity index (χ2n) is 23.9. The number of H-pyrrole nitrogens is 1. The van der Waals surface area contributed by atoms with Crippen molar-refractivity contribution in [2.45, 2.75) is 75.9 Å². The molecule has 2 atom stereocenters. The van der Waals surface area contributed by atoms with Crippen LogP contribution in [-0.2, 0) is 75.3 Å². The number of sulfonamides is 1. The monoisotopic (exact) mass is 1470 g/mol. The van der Waals surface area contributed by atoms with Crippen molar-refractivity contribution in [2.24, 2.45) is 0 Å². The molecular formula is C64H93N14O22PS. The second kappa shape index (κ2) is 42.6. The van der Waals surface area contributed by atoms with E-state index in [1.165, 1.54) is 36.4 Å². The lowest BCUT2D eigenvalue weighted by Gasteiger charge is -2.33. The smallest absolute Gasteiger partial charge is 0.494 e. The van der Waals surface area contributed by atoms with Gasteiger partial charge < -0.3 is 75.5 Å². The third-order valence-corrected chi connectivity index (χ3v) is 18.0. The lowest BCUT2D eigenvalue weighted by atomic mass is 10.0. The number of hydrogen-bond donors (Lipinski definition) is 13. The molecule has 4 amide bonds. The van der Waals surface area contributed by atoms with Crippen molar-refractivity contribution in [2.75, 3.05) is 156 Å². The summed E-state index contributed by atoms with van der Waals surface area (Å²) in [4.78, 5) is 133. The van der Waals surface area contributed by atoms with Crippen molar-refractivity contribution in [1.29, 1.82) is 0 Å². The summed E-state index contributed by atoms with van der Waals surface area (Å²) in [6, 6.07) is 10.7. The second-order valence-corrected chi connectivity index (χ2v) is 26.8. The number of phosphoric ester groups is 1. The van der Waals surface area contributed by atoms with Crippen molar-refractivity contribution in [3.63, 3.8) is 0 Å². The van der Waals surface area contributed by atoms with Gasteiger partial charge in [-0.25, -0.2) is 18.0 Å². The molecule has 102 heavy (non-hydrogen) atoms. The summed E-state index contributed by atoms with van der Waals surface area (Å²) in [5.41, 5.74) is 2.10. The quantitative estimate of drug-likeness (QED) is 0.0179. The first-order valence-electron chi connectivity index (χ1n) is 33.1. The van der Waals surface area contributed by atoms with Gasteiger partial charge in [-0.05, 0) is 98.7 Å². The first-order chi connectivity index (χ1) is 48.7. The Balaban J connectivity index is 0.828. The topological polar surface area (TPSA) is 487 Å². The number of carboxylic acid groups (broad SMARTS) is 4. The van der Waals surface area contributed by atoms with Gasteiger partial charge in [0.05, 0.1) is 75.8 Å². The predicted molar refractivity (Wildman–Crippen MR) is 367 cm³/mol. The van der Waals surface area contributed by atoms with Crippen LogP contribution in [0, 0.1) is 13.8 Å². The van der Waals surface area contributed by atoms with E-state index in [2.05, 4.69) is 50.9 Å². The van der Waals surface area contributed by atoms with Crippen LogP contribution in [0.2, 0.25) is 0 Å². The van der Waals surface area contributed by atoms with E-state index >= 15 is 0 Å². The number of rotatable bonds is 45. The number of phosphoric acid groups is 1. The van der Waals surface area contributed by atoms with Gasteiger partial charge in [0.25, 0.3) is 5.91 Å². The number of anilines is 1. The van der Waals surface area contributed by atoms with Gasteiger partial charge in [0, 0.05) is 134 Å². The van der Waals surface area contributed by atoms with Crippen LogP contribution in [-0.4, -0.2) is 289 Å². The molecule has 5 aromatic rings. The lowest BCUT2D eigenvalue weighted by Crippen LogP contribution is -2.53. The van der Waals surface area contributed by atoms with E-state index in [1.807, 2.05) is 0 Å². The molecule has 562 valence electrons. The number of imidazole rings is 1. The van der Waals surface area contributed by atoms with Gasteiger partial charge in [0.15, 0.2) is 5.95 Å². The Labute approximate surface area is 589 Å². The van der Waals surface area contributed by atoms with Gasteiger partial charge in [0.1, 0.15) is 23.6 Å². The van der Waals surface area contributed by atoms with E-state index in [0.29, 0.717) is 74.8 Å². The number of carbonyl (C=O) groups is 8. The van der Waals surface area contributed by atoms with Gasteiger partial charge in [-0.3, -0.25) is 72.4 Å². The summed E-state index contributed by atoms with van der Waals surface area (Å²) in [5.74, 6) is -5.86. The predicted octanol–water partition coefficient (Wildman–Crippen LogP) is -0.0643. The number of nitrogens with zero attached hydrogens (tertiary/aromatic N) is 7. The van der Waals surface area contributed by atoms with Crippen LogP contribution in [0.25, 0.3) is 10.9 Å². The highest BCUT2D eigenvalue weighted by Crippen LogP contribution is 2.37. The molecule has 38 heteroatoms. The molecule has 3 aromatic carbocycles. The molecule has 6 rings (SSSR count). The third kappa shape index (κ3) is 30.9. The molecule has 36 nitrogen and oxygen atoms in total. The highest BCUT2D eigenvalue weighted by atomic mass is 32.2. The van der Waals surface area contributed by atoms with Gasteiger partial charge in [0.2, 0.25) is 27.7 Å². The Hall–Kier alpha value is -8.72. The average Bonchev–Trinajstić information content (AvgIpc) is 0.950. The Kier molecular flexibility index (Phi) is 34.4. The molecule has 1 aliphatic heterocycles. The first kappa shape index (κ1) is 82.2. The summed E-state index contributed by atoms with van der Waals surface area (Å²) in [7, 11) is -9.27. The maximum absolute atomic E-state index is 13.8. The molecular weight excluding hydrogens is 1380 g/mol. The summed E-state index contributed by atoms with van der Waals surface area (Å²) >= 11 is 0. The van der Waals surface area contributed by atoms with E-state index in [9.17, 15) is 81.6 Å². The maximum atomic E-state index is 13.8. The highest BCUT2D eigenvalue weighted by molar-refractivity contribution is 7.89. The number of ether oxygens (including phenoxy) is 4. The molecule has 0 spiro atoms. The number of hydrogen-bond acceptors (Lipinski definition) is 23. The van der Waals surface area contributed by atoms with Crippen molar-refractivity contribution < 1.29 is 105 Å². The van der Waals surface area contributed by atoms with E-state index in [0.717, 1.165) is 11.9 Å². The fourth-order valence-electron chi connectivity index (χ4n) is 10.8. The lowest BCUT2D eigenvalue weighted by molar-refractivity contribution is -0.140. The molecule has 0 aliphatic carbocycles. The number of aryl methyl sites for hydroxylation is 3. The Bertz CT molecular complexity index is 3640. The van der Waals surface area contributed by atoms with E-state index < -0.39 is 78.1 Å². The van der Waals surface area contributed by atoms with Crippen LogP contribution >= 0.6 is 7.82 Å². The van der Waals surface area contributed by atoms with Crippen LogP contribution in [0.1, 0.15) is 59.2 Å². The van der Waals surface area contributed by atoms with Crippen LogP contribution in [0.4, 0.5) is 5.95 Å². The number of carbonyl (C=O) groups excluding carboxylic acids is 4. The molecule has 0 saturated carbocycles. The van der Waals surface area contributed by atoms with Crippen LogP contribution in [0.15, 0.2) is 78.1 Å². The number of carboxylic acids is 4. The standard InChI is InChI=1S/C64H93N14O22PS/c1-45-35-51(36-46(2)60(45)102(94,95)73-53(63(89)90)40-70-61(87)48-10-13-54-49(38-48)39-71-78(54)19-4-14-67-64-68-17-18-69-64)99-30-3-7-55(79)65-15-5-28-96-31-33-98-34-32-97-29-6-16-66-62(88)52(37-47-8-11-50(12-9-47)100-101(91,92)93)72-56(80)41-74-20-22-75(42-57(81)82)24-26-77(44-59(85)86)27-25-76(23-21-74)43-58(83)84/h8-13,17-18,35-36,38-39,52-53,73H,3-7,14-16,19-34,37,40-44H2,1-2H3,(H,65,79)(H,66,88)(H,70,87)(H,72,80)(H,81,82)(H,83,84)(H,85,86)(H,89,90)(H2,67,68,69)(H2,91,92,93)/t52-,53-/m1/s1. The number of benzene rings is 3. The van der Waals surface area contributed by atoms with Crippen LogP contribution in [0.5, 0.6) is 11.5 Å². The number of amides is 4. The van der Waals surface area contributed by atoms with Crippen molar-refractivity contribution >= 4 is 82.2 Å². The molecule has 1 saturated heterocycles. The molecule has 2 aromatic heterocycles. The number of aromatic amines is 1. The molecule has 13 N–H and O–H groups in total. The third-order valence-electron chi connectivity index (χ3n) is 15.7. The zero-order chi connectivity index (χ0) is 74.0.